The molecule has 3 aromatic carbocycles. The molecule has 0 unspecified atom stereocenters. The molecule has 4 aromatic rings. The van der Waals surface area contributed by atoms with Crippen molar-refractivity contribution in [1.82, 2.24) is 4.98 Å². The quantitative estimate of drug-likeness (QED) is 0.359. The maximum Gasteiger partial charge on any atom is 0.269 e. The summed E-state index contributed by atoms with van der Waals surface area (Å²) >= 11 is 0. The first-order valence-corrected chi connectivity index (χ1v) is 10.1. The molecular weight excluding hydrogens is 390 g/mol. The number of nitrogens with one attached hydrogen (secondary N) is 1. The van der Waals surface area contributed by atoms with Gasteiger partial charge in [-0.3, -0.25) is 19.9 Å². The Labute approximate surface area is 178 Å². The van der Waals surface area contributed by atoms with E-state index in [1.165, 1.54) is 6.07 Å². The highest BCUT2D eigenvalue weighted by Crippen LogP contribution is 2.61. The number of nitro groups is 1. The number of rotatable bonds is 5. The molecule has 1 heterocycles. The molecule has 31 heavy (non-hydrogen) atoms. The van der Waals surface area contributed by atoms with Crippen molar-refractivity contribution in [1.29, 1.82) is 0 Å². The Morgan fingerprint density at radius 3 is 2.39 bits per heavy atom. The number of non-ortho nitro benzene ring substituents is 1. The van der Waals surface area contributed by atoms with Gasteiger partial charge in [0.05, 0.1) is 22.0 Å². The van der Waals surface area contributed by atoms with Crippen LogP contribution in [-0.4, -0.2) is 15.8 Å². The number of para-hydroxylation sites is 1. The lowest BCUT2D eigenvalue weighted by molar-refractivity contribution is -0.384. The highest BCUT2D eigenvalue weighted by Gasteiger charge is 2.56. The number of fused-ring (bicyclic) bond motifs is 1. The van der Waals surface area contributed by atoms with E-state index in [9.17, 15) is 14.9 Å². The van der Waals surface area contributed by atoms with E-state index < -0.39 is 4.92 Å². The van der Waals surface area contributed by atoms with Gasteiger partial charge in [-0.1, -0.05) is 60.7 Å². The van der Waals surface area contributed by atoms with Crippen molar-refractivity contribution >= 4 is 28.2 Å². The summed E-state index contributed by atoms with van der Waals surface area (Å²) in [7, 11) is 0. The van der Waals surface area contributed by atoms with Crippen molar-refractivity contribution in [3.8, 4) is 0 Å². The van der Waals surface area contributed by atoms with Crippen LogP contribution in [0.15, 0.2) is 91.1 Å². The number of carbonyl (C=O) groups excluding carboxylic acids is 1. The molecule has 6 nitrogen and oxygen atoms in total. The van der Waals surface area contributed by atoms with Gasteiger partial charge in [-0.2, -0.15) is 0 Å². The summed E-state index contributed by atoms with van der Waals surface area (Å²) in [6.07, 6.45) is 1.70. The van der Waals surface area contributed by atoms with Crippen molar-refractivity contribution in [3.63, 3.8) is 0 Å². The summed E-state index contributed by atoms with van der Waals surface area (Å²) in [5.41, 5.74) is 3.30. The lowest BCUT2D eigenvalue weighted by Crippen LogP contribution is -2.15. The Kier molecular flexibility index (Phi) is 4.67. The average molecular weight is 409 g/mol. The second-order valence-corrected chi connectivity index (χ2v) is 7.71. The minimum atomic E-state index is -0.403. The van der Waals surface area contributed by atoms with Gasteiger partial charge in [-0.05, 0) is 23.3 Å². The van der Waals surface area contributed by atoms with Crippen LogP contribution in [0.25, 0.3) is 10.9 Å². The fraction of sp³-hybridized carbons (Fsp3) is 0.120. The maximum absolute atomic E-state index is 13.3. The molecule has 0 radical (unpaired) electrons. The molecule has 5 rings (SSSR count). The molecule has 0 saturated heterocycles. The minimum absolute atomic E-state index is 0.0358. The summed E-state index contributed by atoms with van der Waals surface area (Å²) in [5, 5.41) is 15.2. The molecule has 0 aliphatic heterocycles. The number of hydrogen-bond donors (Lipinski definition) is 1. The van der Waals surface area contributed by atoms with E-state index in [2.05, 4.69) is 10.3 Å². The number of anilines is 1. The first-order valence-electron chi connectivity index (χ1n) is 10.1. The minimum Gasteiger partial charge on any atom is -0.324 e. The number of hydrogen-bond acceptors (Lipinski definition) is 4. The molecule has 1 aliphatic rings. The molecular formula is C25H19N3O3. The van der Waals surface area contributed by atoms with Crippen molar-refractivity contribution in [2.45, 2.75) is 11.8 Å². The Balaban J connectivity index is 1.49. The van der Waals surface area contributed by atoms with E-state index in [0.717, 1.165) is 22.0 Å². The zero-order valence-electron chi connectivity index (χ0n) is 16.5. The summed E-state index contributed by atoms with van der Waals surface area (Å²) in [6, 6.07) is 25.9. The molecule has 1 aromatic heterocycles. The summed E-state index contributed by atoms with van der Waals surface area (Å²) in [5.74, 6) is -0.580. The Bertz CT molecular complexity index is 1280. The third-order valence-corrected chi connectivity index (χ3v) is 5.86. The van der Waals surface area contributed by atoms with Gasteiger partial charge < -0.3 is 5.32 Å². The normalized spacial score (nSPS) is 19.7. The van der Waals surface area contributed by atoms with Crippen LogP contribution in [0, 0.1) is 16.0 Å². The molecule has 1 aliphatic carbocycles. The smallest absolute Gasteiger partial charge is 0.269 e. The van der Waals surface area contributed by atoms with Crippen LogP contribution in [0.2, 0.25) is 0 Å². The molecule has 1 amide bonds. The number of carbonyl (C=O) groups is 1. The molecule has 6 heteroatoms. The van der Waals surface area contributed by atoms with Crippen LogP contribution >= 0.6 is 0 Å². The third kappa shape index (κ3) is 3.53. The van der Waals surface area contributed by atoms with E-state index in [1.54, 1.807) is 18.3 Å². The van der Waals surface area contributed by atoms with Gasteiger partial charge in [0.1, 0.15) is 0 Å². The van der Waals surface area contributed by atoms with Crippen molar-refractivity contribution in [3.05, 3.63) is 112 Å². The second kappa shape index (κ2) is 7.65. The Morgan fingerprint density at radius 2 is 1.58 bits per heavy atom. The molecule has 1 fully saturated rings. The van der Waals surface area contributed by atoms with Crippen molar-refractivity contribution < 1.29 is 9.72 Å². The van der Waals surface area contributed by atoms with Crippen molar-refractivity contribution in [2.24, 2.45) is 5.92 Å². The molecule has 152 valence electrons. The molecule has 0 spiro atoms. The number of aromatic nitrogens is 1. The van der Waals surface area contributed by atoms with Gasteiger partial charge in [-0.25, -0.2) is 0 Å². The SMILES string of the molecule is O=C(Nc1cccc2cccnc12)[C@@H]1[C@@H](c2ccccc2)[C@@H]1c1cccc([N+](=O)[O-])c1. The largest absolute Gasteiger partial charge is 0.324 e. The zero-order valence-corrected chi connectivity index (χ0v) is 16.5. The number of amides is 1. The van der Waals surface area contributed by atoms with Gasteiger partial charge in [0, 0.05) is 35.6 Å². The lowest BCUT2D eigenvalue weighted by atomic mass is 10.0. The van der Waals surface area contributed by atoms with Crippen LogP contribution < -0.4 is 5.32 Å². The average Bonchev–Trinajstić information content (AvgIpc) is 3.56. The topological polar surface area (TPSA) is 85.1 Å². The predicted molar refractivity (Wildman–Crippen MR) is 119 cm³/mol. The molecule has 1 N–H and O–H groups in total. The molecule has 1 saturated carbocycles. The maximum atomic E-state index is 13.3. The van der Waals surface area contributed by atoms with Crippen LogP contribution in [0.4, 0.5) is 11.4 Å². The number of nitrogens with zero attached hydrogens (tertiary/aromatic N) is 2. The fourth-order valence-corrected chi connectivity index (χ4v) is 4.41. The fourth-order valence-electron chi connectivity index (χ4n) is 4.41. The van der Waals surface area contributed by atoms with Crippen LogP contribution in [-0.2, 0) is 4.79 Å². The third-order valence-electron chi connectivity index (χ3n) is 5.86. The first-order chi connectivity index (χ1) is 15.1. The predicted octanol–water partition coefficient (Wildman–Crippen LogP) is 5.28. The number of pyridine rings is 1. The Hall–Kier alpha value is -4.06. The van der Waals surface area contributed by atoms with E-state index in [-0.39, 0.29) is 29.3 Å². The highest BCUT2D eigenvalue weighted by molar-refractivity contribution is 6.03. The monoisotopic (exact) mass is 409 g/mol. The standard InChI is InChI=1S/C25H19N3O3/c29-25(27-20-13-5-9-17-11-6-14-26-24(17)20)23-21(16-7-2-1-3-8-16)22(23)18-10-4-12-19(15-18)28(30)31/h1-15,21-23H,(H,27,29)/t21-,22-,23+/m0/s1. The van der Waals surface area contributed by atoms with E-state index in [1.807, 2.05) is 66.7 Å². The van der Waals surface area contributed by atoms with E-state index in [4.69, 9.17) is 0 Å². The van der Waals surface area contributed by atoms with E-state index >= 15 is 0 Å². The summed E-state index contributed by atoms with van der Waals surface area (Å²) < 4.78 is 0. The van der Waals surface area contributed by atoms with Gasteiger partial charge >= 0.3 is 0 Å². The van der Waals surface area contributed by atoms with Gasteiger partial charge in [0.25, 0.3) is 5.69 Å². The molecule has 3 atom stereocenters. The van der Waals surface area contributed by atoms with E-state index in [0.29, 0.717) is 5.69 Å². The van der Waals surface area contributed by atoms with Gasteiger partial charge in [-0.15, -0.1) is 0 Å². The Morgan fingerprint density at radius 1 is 0.871 bits per heavy atom. The van der Waals surface area contributed by atoms with Crippen molar-refractivity contribution in [2.75, 3.05) is 5.32 Å². The summed E-state index contributed by atoms with van der Waals surface area (Å²) in [6.45, 7) is 0. The van der Waals surface area contributed by atoms with Crippen LogP contribution in [0.1, 0.15) is 23.0 Å². The zero-order chi connectivity index (χ0) is 21.4. The second-order valence-electron chi connectivity index (χ2n) is 7.71. The number of benzene rings is 3. The van der Waals surface area contributed by atoms with Crippen LogP contribution in [0.5, 0.6) is 0 Å². The highest BCUT2D eigenvalue weighted by atomic mass is 16.6. The first kappa shape index (κ1) is 18.9. The number of nitro benzene ring substituents is 1. The van der Waals surface area contributed by atoms with Crippen LogP contribution in [0.3, 0.4) is 0 Å². The lowest BCUT2D eigenvalue weighted by Gasteiger charge is -2.08. The molecule has 0 bridgehead atoms. The van der Waals surface area contributed by atoms with Gasteiger partial charge in [0.2, 0.25) is 5.91 Å². The summed E-state index contributed by atoms with van der Waals surface area (Å²) in [4.78, 5) is 28.6. The van der Waals surface area contributed by atoms with Gasteiger partial charge in [0.15, 0.2) is 0 Å².